The number of likely N-dealkylation sites (N-methyl/N-ethyl adjacent to an activating group) is 1. The SMILES string of the molecule is COc1ccc(C)cc1/C=C/C(=O)N(C)[C@H](C)c1nc2ccccc2s1. The van der Waals surface area contributed by atoms with Gasteiger partial charge in [0.1, 0.15) is 10.8 Å². The third kappa shape index (κ3) is 3.78. The monoisotopic (exact) mass is 366 g/mol. The lowest BCUT2D eigenvalue weighted by atomic mass is 10.1. The van der Waals surface area contributed by atoms with Crippen LogP contribution in [0.2, 0.25) is 0 Å². The van der Waals surface area contributed by atoms with Gasteiger partial charge in [-0.15, -0.1) is 11.3 Å². The minimum atomic E-state index is -0.0936. The van der Waals surface area contributed by atoms with Gasteiger partial charge in [0, 0.05) is 18.7 Å². The topological polar surface area (TPSA) is 42.4 Å². The molecular formula is C21H22N2O2S. The Hall–Kier alpha value is -2.66. The van der Waals surface area contributed by atoms with Gasteiger partial charge in [0.25, 0.3) is 0 Å². The first-order valence-corrected chi connectivity index (χ1v) is 9.26. The summed E-state index contributed by atoms with van der Waals surface area (Å²) in [5.74, 6) is 0.682. The molecule has 0 fully saturated rings. The lowest BCUT2D eigenvalue weighted by Crippen LogP contribution is -2.27. The van der Waals surface area contributed by atoms with E-state index in [9.17, 15) is 4.79 Å². The highest BCUT2D eigenvalue weighted by molar-refractivity contribution is 7.18. The molecule has 0 radical (unpaired) electrons. The molecule has 1 atom stereocenters. The predicted octanol–water partition coefficient (Wildman–Crippen LogP) is 4.85. The van der Waals surface area contributed by atoms with E-state index in [0.29, 0.717) is 0 Å². The summed E-state index contributed by atoms with van der Waals surface area (Å²) in [7, 11) is 3.43. The lowest BCUT2D eigenvalue weighted by molar-refractivity contribution is -0.126. The Kier molecular flexibility index (Phi) is 5.38. The van der Waals surface area contributed by atoms with E-state index in [-0.39, 0.29) is 11.9 Å². The van der Waals surface area contributed by atoms with Crippen molar-refractivity contribution in [2.75, 3.05) is 14.2 Å². The minimum Gasteiger partial charge on any atom is -0.496 e. The van der Waals surface area contributed by atoms with Crippen LogP contribution in [0.3, 0.4) is 0 Å². The molecule has 0 aliphatic heterocycles. The van der Waals surface area contributed by atoms with Gasteiger partial charge in [-0.05, 0) is 44.2 Å². The zero-order valence-electron chi connectivity index (χ0n) is 15.4. The Bertz CT molecular complexity index is 929. The largest absolute Gasteiger partial charge is 0.496 e. The number of aryl methyl sites for hydroxylation is 1. The quantitative estimate of drug-likeness (QED) is 0.607. The summed E-state index contributed by atoms with van der Waals surface area (Å²) >= 11 is 1.62. The molecule has 4 nitrogen and oxygen atoms in total. The maximum Gasteiger partial charge on any atom is 0.246 e. The number of hydrogen-bond acceptors (Lipinski definition) is 4. The molecule has 1 heterocycles. The van der Waals surface area contributed by atoms with Crippen LogP contribution >= 0.6 is 11.3 Å². The smallest absolute Gasteiger partial charge is 0.246 e. The first-order chi connectivity index (χ1) is 12.5. The molecule has 26 heavy (non-hydrogen) atoms. The van der Waals surface area contributed by atoms with Crippen LogP contribution in [0.15, 0.2) is 48.5 Å². The van der Waals surface area contributed by atoms with Crippen molar-refractivity contribution in [1.29, 1.82) is 0 Å². The molecule has 0 saturated heterocycles. The first-order valence-electron chi connectivity index (χ1n) is 8.44. The van der Waals surface area contributed by atoms with E-state index in [0.717, 1.165) is 32.1 Å². The maximum absolute atomic E-state index is 12.6. The van der Waals surface area contributed by atoms with Gasteiger partial charge in [0.15, 0.2) is 0 Å². The number of carbonyl (C=O) groups excluding carboxylic acids is 1. The van der Waals surface area contributed by atoms with Crippen LogP contribution in [0.1, 0.15) is 29.1 Å². The number of aromatic nitrogens is 1. The molecule has 0 bridgehead atoms. The summed E-state index contributed by atoms with van der Waals surface area (Å²) in [6.45, 7) is 4.01. The molecule has 5 heteroatoms. The number of methoxy groups -OCH3 is 1. The Morgan fingerprint density at radius 2 is 2.04 bits per heavy atom. The Labute approximate surface area is 157 Å². The van der Waals surface area contributed by atoms with E-state index in [4.69, 9.17) is 4.74 Å². The second kappa shape index (κ2) is 7.70. The van der Waals surface area contributed by atoms with E-state index in [1.807, 2.05) is 50.2 Å². The van der Waals surface area contributed by atoms with Gasteiger partial charge in [-0.2, -0.15) is 0 Å². The van der Waals surface area contributed by atoms with Crippen LogP contribution in [0.25, 0.3) is 16.3 Å². The lowest BCUT2D eigenvalue weighted by Gasteiger charge is -2.21. The first kappa shape index (κ1) is 18.1. The van der Waals surface area contributed by atoms with Crippen molar-refractivity contribution in [2.24, 2.45) is 0 Å². The van der Waals surface area contributed by atoms with Crippen molar-refractivity contribution >= 4 is 33.5 Å². The molecule has 0 aliphatic carbocycles. The molecule has 0 aliphatic rings. The number of nitrogens with zero attached hydrogens (tertiary/aromatic N) is 2. The number of amides is 1. The van der Waals surface area contributed by atoms with Crippen LogP contribution in [-0.2, 0) is 4.79 Å². The summed E-state index contributed by atoms with van der Waals surface area (Å²) in [5.41, 5.74) is 2.98. The summed E-state index contributed by atoms with van der Waals surface area (Å²) < 4.78 is 6.49. The van der Waals surface area contributed by atoms with Crippen molar-refractivity contribution in [3.63, 3.8) is 0 Å². The van der Waals surface area contributed by atoms with E-state index in [2.05, 4.69) is 11.1 Å². The molecule has 134 valence electrons. The van der Waals surface area contributed by atoms with Crippen LogP contribution in [0.4, 0.5) is 0 Å². The van der Waals surface area contributed by atoms with Crippen molar-refractivity contribution in [3.8, 4) is 5.75 Å². The second-order valence-electron chi connectivity index (χ2n) is 6.22. The fraction of sp³-hybridized carbons (Fsp3) is 0.238. The number of para-hydroxylation sites is 1. The number of benzene rings is 2. The second-order valence-corrected chi connectivity index (χ2v) is 7.29. The van der Waals surface area contributed by atoms with Crippen molar-refractivity contribution < 1.29 is 9.53 Å². The Morgan fingerprint density at radius 1 is 1.27 bits per heavy atom. The van der Waals surface area contributed by atoms with Gasteiger partial charge in [-0.1, -0.05) is 23.8 Å². The van der Waals surface area contributed by atoms with E-state index >= 15 is 0 Å². The normalized spacial score (nSPS) is 12.5. The van der Waals surface area contributed by atoms with Gasteiger partial charge in [0.2, 0.25) is 5.91 Å². The third-order valence-corrected chi connectivity index (χ3v) is 5.59. The molecule has 1 amide bonds. The molecular weight excluding hydrogens is 344 g/mol. The summed E-state index contributed by atoms with van der Waals surface area (Å²) in [5, 5.41) is 0.934. The van der Waals surface area contributed by atoms with Gasteiger partial charge in [-0.25, -0.2) is 4.98 Å². The summed E-state index contributed by atoms with van der Waals surface area (Å²) in [4.78, 5) is 19.0. The molecule has 2 aromatic carbocycles. The molecule has 0 unspecified atom stereocenters. The van der Waals surface area contributed by atoms with Crippen molar-refractivity contribution in [3.05, 3.63) is 64.7 Å². The van der Waals surface area contributed by atoms with Gasteiger partial charge >= 0.3 is 0 Å². The molecule has 0 spiro atoms. The maximum atomic E-state index is 12.6. The van der Waals surface area contributed by atoms with Crippen LogP contribution < -0.4 is 4.74 Å². The highest BCUT2D eigenvalue weighted by Gasteiger charge is 2.19. The van der Waals surface area contributed by atoms with Gasteiger partial charge in [-0.3, -0.25) is 4.79 Å². The van der Waals surface area contributed by atoms with E-state index in [1.165, 1.54) is 0 Å². The van der Waals surface area contributed by atoms with Gasteiger partial charge < -0.3 is 9.64 Å². The fourth-order valence-electron chi connectivity index (χ4n) is 2.69. The average molecular weight is 366 g/mol. The standard InChI is InChI=1S/C21H22N2O2S/c1-14-9-11-18(25-4)16(13-14)10-12-20(24)23(3)15(2)21-22-17-7-5-6-8-19(17)26-21/h5-13,15H,1-4H3/b12-10+/t15-/m1/s1. The van der Waals surface area contributed by atoms with Crippen molar-refractivity contribution in [2.45, 2.75) is 19.9 Å². The number of rotatable bonds is 5. The summed E-state index contributed by atoms with van der Waals surface area (Å²) in [6, 6.07) is 13.8. The number of carbonyl (C=O) groups is 1. The van der Waals surface area contributed by atoms with Gasteiger partial charge in [0.05, 0.1) is 23.4 Å². The molecule has 3 rings (SSSR count). The minimum absolute atomic E-state index is 0.0692. The number of ether oxygens (including phenoxy) is 1. The fourth-order valence-corrected chi connectivity index (χ4v) is 3.75. The number of fused-ring (bicyclic) bond motifs is 1. The zero-order chi connectivity index (χ0) is 18.7. The molecule has 1 aromatic heterocycles. The Morgan fingerprint density at radius 3 is 2.77 bits per heavy atom. The third-order valence-electron chi connectivity index (χ3n) is 4.39. The highest BCUT2D eigenvalue weighted by atomic mass is 32.1. The van der Waals surface area contributed by atoms with Crippen molar-refractivity contribution in [1.82, 2.24) is 9.88 Å². The number of hydrogen-bond donors (Lipinski definition) is 0. The highest BCUT2D eigenvalue weighted by Crippen LogP contribution is 2.29. The zero-order valence-corrected chi connectivity index (χ0v) is 16.2. The predicted molar refractivity (Wildman–Crippen MR) is 108 cm³/mol. The average Bonchev–Trinajstić information content (AvgIpc) is 3.09. The molecule has 3 aromatic rings. The van der Waals surface area contributed by atoms with Crippen LogP contribution in [0, 0.1) is 6.92 Å². The molecule has 0 N–H and O–H groups in total. The Balaban J connectivity index is 1.77. The van der Waals surface area contributed by atoms with Crippen LogP contribution in [-0.4, -0.2) is 29.9 Å². The van der Waals surface area contributed by atoms with Crippen LogP contribution in [0.5, 0.6) is 5.75 Å². The summed E-state index contributed by atoms with van der Waals surface area (Å²) in [6.07, 6.45) is 3.39. The van der Waals surface area contributed by atoms with E-state index in [1.54, 1.807) is 42.5 Å². The molecule has 0 saturated carbocycles. The van der Waals surface area contributed by atoms with E-state index < -0.39 is 0 Å². The number of thiazole rings is 1.